The number of rotatable bonds is 9. The monoisotopic (exact) mass is 358 g/mol. The molecule has 0 fully saturated rings. The molecule has 0 spiro atoms. The summed E-state index contributed by atoms with van der Waals surface area (Å²) in [5.74, 6) is 0.492. The molecule has 0 aliphatic carbocycles. The van der Waals surface area contributed by atoms with E-state index in [1.807, 2.05) is 0 Å². The molecule has 0 aliphatic heterocycles. The molecule has 138 valence electrons. The summed E-state index contributed by atoms with van der Waals surface area (Å²) in [6.07, 6.45) is 1.46. The molecule has 2 N–H and O–H groups in total. The first-order valence-electron chi connectivity index (χ1n) is 8.32. The smallest absolute Gasteiger partial charge is 0.163 e. The van der Waals surface area contributed by atoms with E-state index in [-0.39, 0.29) is 34.2 Å². The minimum absolute atomic E-state index is 0.0583. The van der Waals surface area contributed by atoms with E-state index in [1.165, 1.54) is 38.1 Å². The summed E-state index contributed by atoms with van der Waals surface area (Å²) in [4.78, 5) is 22.8. The number of ketones is 2. The van der Waals surface area contributed by atoms with E-state index in [2.05, 4.69) is 0 Å². The van der Waals surface area contributed by atoms with E-state index in [0.717, 1.165) is 12.8 Å². The number of hydrogen-bond acceptors (Lipinski definition) is 6. The van der Waals surface area contributed by atoms with Crippen LogP contribution in [0.3, 0.4) is 0 Å². The van der Waals surface area contributed by atoms with Crippen LogP contribution >= 0.6 is 0 Å². The molecule has 0 saturated heterocycles. The number of aromatic hydroxyl groups is 2. The summed E-state index contributed by atoms with van der Waals surface area (Å²) in [5.41, 5.74) is 0.471. The Morgan fingerprint density at radius 2 is 1.15 bits per heavy atom. The van der Waals surface area contributed by atoms with Crippen LogP contribution in [-0.4, -0.2) is 35.0 Å². The fraction of sp³-hybridized carbons (Fsp3) is 0.300. The van der Waals surface area contributed by atoms with Crippen molar-refractivity contribution in [3.05, 3.63) is 47.5 Å². The largest absolute Gasteiger partial charge is 0.507 e. The van der Waals surface area contributed by atoms with Crippen molar-refractivity contribution in [3.63, 3.8) is 0 Å². The maximum Gasteiger partial charge on any atom is 0.163 e. The lowest BCUT2D eigenvalue weighted by Crippen LogP contribution is -2.04. The molecule has 0 aliphatic rings. The summed E-state index contributed by atoms with van der Waals surface area (Å²) in [6.45, 7) is 3.66. The third kappa shape index (κ3) is 5.24. The molecular weight excluding hydrogens is 336 g/mol. The van der Waals surface area contributed by atoms with E-state index in [4.69, 9.17) is 9.47 Å². The second-order valence-electron chi connectivity index (χ2n) is 5.87. The van der Waals surface area contributed by atoms with Gasteiger partial charge in [0, 0.05) is 0 Å². The molecule has 0 radical (unpaired) electrons. The zero-order valence-corrected chi connectivity index (χ0v) is 14.8. The Morgan fingerprint density at radius 1 is 0.769 bits per heavy atom. The van der Waals surface area contributed by atoms with Gasteiger partial charge in [0.05, 0.1) is 24.3 Å². The van der Waals surface area contributed by atoms with E-state index >= 15 is 0 Å². The second-order valence-corrected chi connectivity index (χ2v) is 5.87. The lowest BCUT2D eigenvalue weighted by molar-refractivity contribution is 0.100. The minimum atomic E-state index is -0.222. The van der Waals surface area contributed by atoms with Crippen LogP contribution in [0.4, 0.5) is 0 Å². The van der Waals surface area contributed by atoms with Crippen LogP contribution in [-0.2, 0) is 0 Å². The van der Waals surface area contributed by atoms with Crippen molar-refractivity contribution in [1.82, 2.24) is 0 Å². The van der Waals surface area contributed by atoms with Gasteiger partial charge < -0.3 is 19.7 Å². The van der Waals surface area contributed by atoms with Crippen molar-refractivity contribution < 1.29 is 29.3 Å². The Hall–Kier alpha value is -3.02. The van der Waals surface area contributed by atoms with Gasteiger partial charge in [-0.05, 0) is 63.1 Å². The van der Waals surface area contributed by atoms with E-state index in [1.54, 1.807) is 12.1 Å². The average molecular weight is 358 g/mol. The summed E-state index contributed by atoms with van der Waals surface area (Å²) in [7, 11) is 0. The molecule has 0 bridgehead atoms. The fourth-order valence-electron chi connectivity index (χ4n) is 2.36. The zero-order valence-electron chi connectivity index (χ0n) is 14.8. The summed E-state index contributed by atoms with van der Waals surface area (Å²) in [5, 5.41) is 19.2. The minimum Gasteiger partial charge on any atom is -0.507 e. The van der Waals surface area contributed by atoms with Crippen molar-refractivity contribution >= 4 is 11.6 Å². The molecule has 6 heteroatoms. The number of phenols is 2. The van der Waals surface area contributed by atoms with Crippen LogP contribution in [0.1, 0.15) is 47.4 Å². The predicted octanol–water partition coefficient (Wildman–Crippen LogP) is 3.74. The van der Waals surface area contributed by atoms with Crippen molar-refractivity contribution in [2.24, 2.45) is 0 Å². The first kappa shape index (κ1) is 19.3. The number of Topliss-reactive ketones (excluding diaryl/α,β-unsaturated/α-hetero) is 2. The Labute approximate surface area is 152 Å². The highest BCUT2D eigenvalue weighted by Gasteiger charge is 2.09. The molecule has 0 saturated carbocycles. The first-order valence-corrected chi connectivity index (χ1v) is 8.32. The van der Waals surface area contributed by atoms with Crippen LogP contribution in [0.15, 0.2) is 36.4 Å². The number of benzene rings is 2. The SMILES string of the molecule is CC(=O)c1cc(OCCCCOc2ccc(O)c(C(C)=O)c2)ccc1O. The van der Waals surface area contributed by atoms with Crippen LogP contribution in [0.2, 0.25) is 0 Å². The van der Waals surface area contributed by atoms with Gasteiger partial charge in [0.25, 0.3) is 0 Å². The highest BCUT2D eigenvalue weighted by molar-refractivity contribution is 5.97. The van der Waals surface area contributed by atoms with Crippen molar-refractivity contribution in [2.75, 3.05) is 13.2 Å². The Kier molecular flexibility index (Phi) is 6.60. The lowest BCUT2D eigenvalue weighted by Gasteiger charge is -2.10. The molecule has 2 aromatic carbocycles. The molecule has 26 heavy (non-hydrogen) atoms. The van der Waals surface area contributed by atoms with Crippen LogP contribution in [0, 0.1) is 0 Å². The van der Waals surface area contributed by atoms with E-state index in [0.29, 0.717) is 24.7 Å². The van der Waals surface area contributed by atoms with Gasteiger partial charge >= 0.3 is 0 Å². The number of ether oxygens (including phenoxy) is 2. The molecule has 6 nitrogen and oxygen atoms in total. The van der Waals surface area contributed by atoms with Crippen LogP contribution in [0.5, 0.6) is 23.0 Å². The topological polar surface area (TPSA) is 93.1 Å². The maximum absolute atomic E-state index is 11.4. The van der Waals surface area contributed by atoms with E-state index < -0.39 is 0 Å². The molecule has 0 unspecified atom stereocenters. The Bertz CT molecular complexity index is 729. The van der Waals surface area contributed by atoms with Gasteiger partial charge in [-0.2, -0.15) is 0 Å². The summed E-state index contributed by atoms with van der Waals surface area (Å²) in [6, 6.07) is 9.14. The second kappa shape index (κ2) is 8.89. The summed E-state index contributed by atoms with van der Waals surface area (Å²) >= 11 is 0. The quantitative estimate of drug-likeness (QED) is 0.524. The third-order valence-electron chi connectivity index (χ3n) is 3.77. The van der Waals surface area contributed by atoms with Crippen LogP contribution < -0.4 is 9.47 Å². The lowest BCUT2D eigenvalue weighted by atomic mass is 10.1. The highest BCUT2D eigenvalue weighted by Crippen LogP contribution is 2.24. The number of phenolic OH excluding ortho intramolecular Hbond substituents is 2. The van der Waals surface area contributed by atoms with Gasteiger partial charge in [-0.15, -0.1) is 0 Å². The van der Waals surface area contributed by atoms with Gasteiger partial charge in [0.2, 0.25) is 0 Å². The van der Waals surface area contributed by atoms with E-state index in [9.17, 15) is 19.8 Å². The van der Waals surface area contributed by atoms with Gasteiger partial charge in [-0.25, -0.2) is 0 Å². The van der Waals surface area contributed by atoms with Crippen molar-refractivity contribution in [2.45, 2.75) is 26.7 Å². The summed E-state index contributed by atoms with van der Waals surface area (Å²) < 4.78 is 11.1. The zero-order chi connectivity index (χ0) is 19.1. The molecule has 0 atom stereocenters. The molecule has 2 rings (SSSR count). The average Bonchev–Trinajstić information content (AvgIpc) is 2.60. The maximum atomic E-state index is 11.4. The fourth-order valence-corrected chi connectivity index (χ4v) is 2.36. The normalized spacial score (nSPS) is 10.4. The number of hydrogen-bond donors (Lipinski definition) is 2. The van der Waals surface area contributed by atoms with Gasteiger partial charge in [-0.3, -0.25) is 9.59 Å². The molecular formula is C20H22O6. The third-order valence-corrected chi connectivity index (χ3v) is 3.77. The molecule has 0 heterocycles. The Morgan fingerprint density at radius 3 is 1.50 bits per heavy atom. The number of carbonyl (C=O) groups excluding carboxylic acids is 2. The first-order chi connectivity index (χ1) is 12.4. The highest BCUT2D eigenvalue weighted by atomic mass is 16.5. The van der Waals surface area contributed by atoms with Crippen molar-refractivity contribution in [3.8, 4) is 23.0 Å². The van der Waals surface area contributed by atoms with Crippen LogP contribution in [0.25, 0.3) is 0 Å². The van der Waals surface area contributed by atoms with Gasteiger partial charge in [0.15, 0.2) is 11.6 Å². The van der Waals surface area contributed by atoms with Gasteiger partial charge in [0.1, 0.15) is 23.0 Å². The number of unbranched alkanes of at least 4 members (excludes halogenated alkanes) is 1. The molecule has 2 aromatic rings. The predicted molar refractivity (Wildman–Crippen MR) is 96.4 cm³/mol. The molecule has 0 aromatic heterocycles. The van der Waals surface area contributed by atoms with Gasteiger partial charge in [-0.1, -0.05) is 0 Å². The number of carbonyl (C=O) groups is 2. The standard InChI is InChI=1S/C20H22O6/c1-13(21)17-11-15(5-7-19(17)23)25-9-3-4-10-26-16-6-8-20(24)18(12-16)14(2)22/h5-8,11-12,23-24H,3-4,9-10H2,1-2H3. The molecule has 0 amide bonds. The Balaban J connectivity index is 1.75. The van der Waals surface area contributed by atoms with Crippen molar-refractivity contribution in [1.29, 1.82) is 0 Å².